The Morgan fingerprint density at radius 2 is 1.61 bits per heavy atom. The number of ether oxygens (including phenoxy) is 1. The third-order valence-electron chi connectivity index (χ3n) is 5.37. The van der Waals surface area contributed by atoms with E-state index in [4.69, 9.17) is 4.74 Å². The standard InChI is InChI=1S/C19H33NO3/c1-6-13(7-2)17(21)14-11-15-9-8-10-16(12-14)20(15)18(22)23-19(3,4)5/h13-16H,6-12H2,1-5H3. The summed E-state index contributed by atoms with van der Waals surface area (Å²) in [6, 6.07) is 0.362. The first kappa shape index (κ1) is 18.3. The summed E-state index contributed by atoms with van der Waals surface area (Å²) < 4.78 is 5.60. The Morgan fingerprint density at radius 3 is 2.04 bits per heavy atom. The van der Waals surface area contributed by atoms with Crippen LogP contribution in [0.4, 0.5) is 4.79 Å². The first-order valence-corrected chi connectivity index (χ1v) is 9.31. The van der Waals surface area contributed by atoms with Gasteiger partial charge in [-0.3, -0.25) is 4.79 Å². The van der Waals surface area contributed by atoms with E-state index in [1.807, 2.05) is 25.7 Å². The van der Waals surface area contributed by atoms with Gasteiger partial charge in [0.05, 0.1) is 0 Å². The van der Waals surface area contributed by atoms with Crippen LogP contribution in [0.1, 0.15) is 79.6 Å². The monoisotopic (exact) mass is 323 g/mol. The number of piperidine rings is 2. The number of hydrogen-bond acceptors (Lipinski definition) is 3. The fourth-order valence-electron chi connectivity index (χ4n) is 4.25. The van der Waals surface area contributed by atoms with Crippen molar-refractivity contribution in [3.63, 3.8) is 0 Å². The van der Waals surface area contributed by atoms with E-state index in [0.717, 1.165) is 44.9 Å². The zero-order valence-electron chi connectivity index (χ0n) is 15.4. The van der Waals surface area contributed by atoms with Crippen molar-refractivity contribution in [2.75, 3.05) is 0 Å². The zero-order valence-corrected chi connectivity index (χ0v) is 15.4. The van der Waals surface area contributed by atoms with Crippen molar-refractivity contribution in [3.05, 3.63) is 0 Å². The molecule has 4 nitrogen and oxygen atoms in total. The molecule has 0 aromatic carbocycles. The summed E-state index contributed by atoms with van der Waals surface area (Å²) in [5.41, 5.74) is -0.465. The van der Waals surface area contributed by atoms with Gasteiger partial charge >= 0.3 is 6.09 Å². The number of ketones is 1. The lowest BCUT2D eigenvalue weighted by molar-refractivity contribution is -0.131. The van der Waals surface area contributed by atoms with Crippen LogP contribution in [0.15, 0.2) is 0 Å². The predicted molar refractivity (Wildman–Crippen MR) is 91.3 cm³/mol. The Balaban J connectivity index is 2.08. The van der Waals surface area contributed by atoms with E-state index in [0.29, 0.717) is 5.78 Å². The molecule has 2 fully saturated rings. The van der Waals surface area contributed by atoms with Crippen LogP contribution in [0, 0.1) is 11.8 Å². The molecule has 0 saturated carbocycles. The van der Waals surface area contributed by atoms with Gasteiger partial charge in [0.2, 0.25) is 0 Å². The fraction of sp³-hybridized carbons (Fsp3) is 0.895. The molecule has 2 unspecified atom stereocenters. The van der Waals surface area contributed by atoms with Gasteiger partial charge in [-0.1, -0.05) is 13.8 Å². The number of rotatable bonds is 4. The molecule has 2 rings (SSSR count). The topological polar surface area (TPSA) is 46.6 Å². The number of carbonyl (C=O) groups is 2. The molecule has 2 aliphatic heterocycles. The highest BCUT2D eigenvalue weighted by Gasteiger charge is 2.44. The summed E-state index contributed by atoms with van der Waals surface area (Å²) in [5.74, 6) is 0.749. The van der Waals surface area contributed by atoms with E-state index < -0.39 is 5.60 Å². The highest BCUT2D eigenvalue weighted by Crippen LogP contribution is 2.39. The molecule has 0 aliphatic carbocycles. The number of Topliss-reactive ketones (excluding diaryl/α,β-unsaturated/α-hetero) is 1. The molecule has 2 heterocycles. The number of nitrogens with zero attached hydrogens (tertiary/aromatic N) is 1. The summed E-state index contributed by atoms with van der Waals surface area (Å²) in [4.78, 5) is 27.3. The van der Waals surface area contributed by atoms with E-state index in [-0.39, 0.29) is 30.0 Å². The zero-order chi connectivity index (χ0) is 17.2. The third-order valence-corrected chi connectivity index (χ3v) is 5.37. The lowest BCUT2D eigenvalue weighted by Crippen LogP contribution is -2.57. The summed E-state index contributed by atoms with van der Waals surface area (Å²) in [6.07, 6.45) is 6.47. The minimum absolute atomic E-state index is 0.133. The molecule has 2 atom stereocenters. The van der Waals surface area contributed by atoms with Gasteiger partial charge in [-0.25, -0.2) is 4.79 Å². The van der Waals surface area contributed by atoms with Gasteiger partial charge in [0, 0.05) is 23.9 Å². The minimum atomic E-state index is -0.465. The summed E-state index contributed by atoms with van der Waals surface area (Å²) in [7, 11) is 0. The normalized spacial score (nSPS) is 27.9. The molecule has 132 valence electrons. The first-order valence-electron chi connectivity index (χ1n) is 9.31. The molecule has 0 aromatic heterocycles. The quantitative estimate of drug-likeness (QED) is 0.762. The van der Waals surface area contributed by atoms with Gasteiger partial charge in [0.15, 0.2) is 0 Å². The van der Waals surface area contributed by atoms with Gasteiger partial charge in [-0.2, -0.15) is 0 Å². The van der Waals surface area contributed by atoms with Crippen molar-refractivity contribution in [1.29, 1.82) is 0 Å². The number of fused-ring (bicyclic) bond motifs is 2. The average Bonchev–Trinajstić information content (AvgIpc) is 2.45. The molecule has 2 bridgehead atoms. The molecule has 0 aromatic rings. The van der Waals surface area contributed by atoms with Gasteiger partial charge in [-0.15, -0.1) is 0 Å². The highest BCUT2D eigenvalue weighted by atomic mass is 16.6. The number of hydrogen-bond donors (Lipinski definition) is 0. The largest absolute Gasteiger partial charge is 0.444 e. The van der Waals surface area contributed by atoms with Crippen LogP contribution in [-0.4, -0.2) is 34.5 Å². The van der Waals surface area contributed by atoms with Crippen molar-refractivity contribution in [3.8, 4) is 0 Å². The molecule has 23 heavy (non-hydrogen) atoms. The lowest BCUT2D eigenvalue weighted by Gasteiger charge is -2.48. The van der Waals surface area contributed by atoms with Crippen LogP contribution in [0.5, 0.6) is 0 Å². The Labute approximate surface area is 140 Å². The van der Waals surface area contributed by atoms with Crippen molar-refractivity contribution in [2.45, 2.75) is 97.2 Å². The van der Waals surface area contributed by atoms with E-state index in [9.17, 15) is 9.59 Å². The van der Waals surface area contributed by atoms with Crippen LogP contribution >= 0.6 is 0 Å². The molecule has 2 saturated heterocycles. The molecule has 0 N–H and O–H groups in total. The van der Waals surface area contributed by atoms with E-state index in [1.165, 1.54) is 0 Å². The average molecular weight is 323 g/mol. The molecule has 0 spiro atoms. The van der Waals surface area contributed by atoms with Gasteiger partial charge in [0.1, 0.15) is 11.4 Å². The fourth-order valence-corrected chi connectivity index (χ4v) is 4.25. The lowest BCUT2D eigenvalue weighted by atomic mass is 9.74. The SMILES string of the molecule is CCC(CC)C(=O)C1CC2CCCC(C1)N2C(=O)OC(C)(C)C. The van der Waals surface area contributed by atoms with Crippen LogP contribution in [0.3, 0.4) is 0 Å². The Bertz CT molecular complexity index is 422. The van der Waals surface area contributed by atoms with E-state index >= 15 is 0 Å². The van der Waals surface area contributed by atoms with Gasteiger partial charge < -0.3 is 9.64 Å². The number of carbonyl (C=O) groups excluding carboxylic acids is 2. The van der Waals surface area contributed by atoms with Crippen molar-refractivity contribution in [2.24, 2.45) is 11.8 Å². The Kier molecular flexibility index (Phi) is 5.74. The second-order valence-electron chi connectivity index (χ2n) is 8.21. The predicted octanol–water partition coefficient (Wildman–Crippen LogP) is 4.56. The Hall–Kier alpha value is -1.06. The first-order chi connectivity index (χ1) is 10.8. The van der Waals surface area contributed by atoms with Gasteiger partial charge in [0.25, 0.3) is 0 Å². The van der Waals surface area contributed by atoms with Crippen molar-refractivity contribution >= 4 is 11.9 Å². The summed E-state index contributed by atoms with van der Waals surface area (Å²) in [6.45, 7) is 9.92. The van der Waals surface area contributed by atoms with Crippen molar-refractivity contribution in [1.82, 2.24) is 4.90 Å². The molecule has 2 aliphatic rings. The molecular weight excluding hydrogens is 290 g/mol. The van der Waals surface area contributed by atoms with Crippen LogP contribution in [0.25, 0.3) is 0 Å². The smallest absolute Gasteiger partial charge is 0.410 e. The van der Waals surface area contributed by atoms with E-state index in [1.54, 1.807) is 0 Å². The second kappa shape index (κ2) is 7.23. The summed E-state index contributed by atoms with van der Waals surface area (Å²) in [5, 5.41) is 0. The molecule has 4 heteroatoms. The maximum atomic E-state index is 12.8. The third kappa shape index (κ3) is 4.27. The molecule has 0 radical (unpaired) electrons. The van der Waals surface area contributed by atoms with Gasteiger partial charge in [-0.05, 0) is 65.7 Å². The number of amides is 1. The second-order valence-corrected chi connectivity index (χ2v) is 8.21. The molecular formula is C19H33NO3. The molecule has 1 amide bonds. The van der Waals surface area contributed by atoms with Crippen LogP contribution < -0.4 is 0 Å². The van der Waals surface area contributed by atoms with E-state index in [2.05, 4.69) is 13.8 Å². The Morgan fingerprint density at radius 1 is 1.09 bits per heavy atom. The van der Waals surface area contributed by atoms with Crippen LogP contribution in [0.2, 0.25) is 0 Å². The maximum absolute atomic E-state index is 12.8. The van der Waals surface area contributed by atoms with Crippen LogP contribution in [-0.2, 0) is 9.53 Å². The van der Waals surface area contributed by atoms with Crippen molar-refractivity contribution < 1.29 is 14.3 Å². The summed E-state index contributed by atoms with van der Waals surface area (Å²) >= 11 is 0. The highest BCUT2D eigenvalue weighted by molar-refractivity contribution is 5.84. The maximum Gasteiger partial charge on any atom is 0.410 e. The minimum Gasteiger partial charge on any atom is -0.444 e.